The molecule has 0 unspecified atom stereocenters. The molecule has 0 atom stereocenters. The molecule has 154 valence electrons. The number of fused-ring (bicyclic) bond motifs is 2. The number of rotatable bonds is 6. The van der Waals surface area contributed by atoms with E-state index in [-0.39, 0.29) is 12.7 Å². The molecule has 1 heterocycles. The van der Waals surface area contributed by atoms with Gasteiger partial charge in [0.15, 0.2) is 11.5 Å². The molecule has 1 aliphatic heterocycles. The Hall–Kier alpha value is -3.05. The monoisotopic (exact) mass is 402 g/mol. The number of amides is 1. The zero-order chi connectivity index (χ0) is 20.3. The Kier molecular flexibility index (Phi) is 5.28. The molecule has 2 aliphatic rings. The van der Waals surface area contributed by atoms with Crippen molar-refractivity contribution in [1.82, 2.24) is 4.90 Å². The van der Waals surface area contributed by atoms with Gasteiger partial charge in [0, 0.05) is 23.7 Å². The zero-order valence-electron chi connectivity index (χ0n) is 17.0. The van der Waals surface area contributed by atoms with Crippen LogP contribution < -0.4 is 14.8 Å². The summed E-state index contributed by atoms with van der Waals surface area (Å²) in [6, 6.07) is 20.7. The first-order chi connectivity index (χ1) is 14.8. The Labute approximate surface area is 176 Å². The van der Waals surface area contributed by atoms with Crippen LogP contribution in [0.3, 0.4) is 0 Å². The largest absolute Gasteiger partial charge is 0.454 e. The van der Waals surface area contributed by atoms with E-state index in [4.69, 9.17) is 9.47 Å². The van der Waals surface area contributed by atoms with Crippen molar-refractivity contribution in [2.45, 2.75) is 38.3 Å². The highest BCUT2D eigenvalue weighted by atomic mass is 16.7. The first kappa shape index (κ1) is 18.9. The lowest BCUT2D eigenvalue weighted by atomic mass is 10.1. The average molecular weight is 402 g/mol. The Morgan fingerprint density at radius 1 is 0.967 bits per heavy atom. The summed E-state index contributed by atoms with van der Waals surface area (Å²) < 4.78 is 11.0. The quantitative estimate of drug-likeness (QED) is 0.634. The van der Waals surface area contributed by atoms with Crippen molar-refractivity contribution in [2.24, 2.45) is 0 Å². The first-order valence-corrected chi connectivity index (χ1v) is 10.7. The maximum absolute atomic E-state index is 13.0. The van der Waals surface area contributed by atoms with Crippen molar-refractivity contribution in [2.75, 3.05) is 18.7 Å². The van der Waals surface area contributed by atoms with Gasteiger partial charge in [-0.1, -0.05) is 55.3 Å². The van der Waals surface area contributed by atoms with Gasteiger partial charge in [0.25, 0.3) is 0 Å². The number of nitrogens with one attached hydrogen (secondary N) is 1. The van der Waals surface area contributed by atoms with Crippen LogP contribution in [-0.2, 0) is 11.3 Å². The van der Waals surface area contributed by atoms with Crippen LogP contribution in [0.1, 0.15) is 31.2 Å². The summed E-state index contributed by atoms with van der Waals surface area (Å²) in [6.45, 7) is 1.38. The third kappa shape index (κ3) is 3.98. The van der Waals surface area contributed by atoms with Crippen LogP contribution in [0.2, 0.25) is 0 Å². The number of anilines is 1. The summed E-state index contributed by atoms with van der Waals surface area (Å²) in [5, 5.41) is 5.34. The molecule has 30 heavy (non-hydrogen) atoms. The fourth-order valence-corrected chi connectivity index (χ4v) is 4.57. The predicted molar refractivity (Wildman–Crippen MR) is 118 cm³/mol. The normalized spacial score (nSPS) is 15.8. The average Bonchev–Trinajstić information content (AvgIpc) is 3.45. The number of nitrogens with zero attached hydrogens (tertiary/aromatic N) is 1. The third-order valence-electron chi connectivity index (χ3n) is 6.07. The molecule has 1 N–H and O–H groups in total. The van der Waals surface area contributed by atoms with E-state index in [0.29, 0.717) is 12.6 Å². The summed E-state index contributed by atoms with van der Waals surface area (Å²) in [5.41, 5.74) is 2.01. The Bertz CT molecular complexity index is 1050. The molecule has 0 saturated heterocycles. The standard InChI is InChI=1S/C25H26N2O3/c28-25(26-22-11-5-7-19-6-1-4-10-21(19)22)16-27(20-8-2-3-9-20)15-18-12-13-23-24(14-18)30-17-29-23/h1,4-7,10-14,20H,2-3,8-9,15-17H2,(H,26,28). The molecule has 5 rings (SSSR count). The van der Waals surface area contributed by atoms with Gasteiger partial charge in [-0.15, -0.1) is 0 Å². The number of benzene rings is 3. The first-order valence-electron chi connectivity index (χ1n) is 10.7. The summed E-state index contributed by atoms with van der Waals surface area (Å²) >= 11 is 0. The van der Waals surface area contributed by atoms with Crippen LogP contribution in [0.15, 0.2) is 60.7 Å². The predicted octanol–water partition coefficient (Wildman–Crippen LogP) is 4.95. The van der Waals surface area contributed by atoms with E-state index in [1.165, 1.54) is 12.8 Å². The van der Waals surface area contributed by atoms with Crippen molar-refractivity contribution in [3.05, 3.63) is 66.2 Å². The number of ether oxygens (including phenoxy) is 2. The van der Waals surface area contributed by atoms with Gasteiger partial charge in [-0.3, -0.25) is 9.69 Å². The minimum absolute atomic E-state index is 0.0268. The molecule has 1 amide bonds. The van der Waals surface area contributed by atoms with E-state index in [0.717, 1.165) is 52.9 Å². The lowest BCUT2D eigenvalue weighted by Gasteiger charge is -2.28. The fourth-order valence-electron chi connectivity index (χ4n) is 4.57. The molecule has 0 aromatic heterocycles. The Morgan fingerprint density at radius 3 is 2.67 bits per heavy atom. The van der Waals surface area contributed by atoms with Crippen LogP contribution in [-0.4, -0.2) is 30.2 Å². The zero-order valence-corrected chi connectivity index (χ0v) is 17.0. The van der Waals surface area contributed by atoms with Gasteiger partial charge in [0.05, 0.1) is 6.54 Å². The molecule has 0 radical (unpaired) electrons. The SMILES string of the molecule is O=C(CN(Cc1ccc2c(c1)OCO2)C1CCCC1)Nc1cccc2ccccc12. The van der Waals surface area contributed by atoms with Crippen molar-refractivity contribution in [3.63, 3.8) is 0 Å². The Morgan fingerprint density at radius 2 is 1.77 bits per heavy atom. The lowest BCUT2D eigenvalue weighted by molar-refractivity contribution is -0.118. The van der Waals surface area contributed by atoms with Gasteiger partial charge < -0.3 is 14.8 Å². The van der Waals surface area contributed by atoms with Crippen LogP contribution in [0.25, 0.3) is 10.8 Å². The number of hydrogen-bond donors (Lipinski definition) is 1. The van der Waals surface area contributed by atoms with Gasteiger partial charge >= 0.3 is 0 Å². The number of carbonyl (C=O) groups is 1. The van der Waals surface area contributed by atoms with Crippen LogP contribution in [0, 0.1) is 0 Å². The van der Waals surface area contributed by atoms with Crippen molar-refractivity contribution in [1.29, 1.82) is 0 Å². The smallest absolute Gasteiger partial charge is 0.238 e. The van der Waals surface area contributed by atoms with Crippen molar-refractivity contribution in [3.8, 4) is 11.5 Å². The maximum atomic E-state index is 13.0. The molecular weight excluding hydrogens is 376 g/mol. The van der Waals surface area contributed by atoms with E-state index in [2.05, 4.69) is 28.4 Å². The molecule has 3 aromatic rings. The van der Waals surface area contributed by atoms with Crippen LogP contribution >= 0.6 is 0 Å². The summed E-state index contributed by atoms with van der Waals surface area (Å²) in [4.78, 5) is 15.3. The molecule has 1 saturated carbocycles. The minimum atomic E-state index is 0.0268. The van der Waals surface area contributed by atoms with Gasteiger partial charge in [-0.25, -0.2) is 0 Å². The van der Waals surface area contributed by atoms with Gasteiger partial charge in [-0.2, -0.15) is 0 Å². The fraction of sp³-hybridized carbons (Fsp3) is 0.320. The van der Waals surface area contributed by atoms with E-state index in [1.807, 2.05) is 42.5 Å². The molecule has 1 fully saturated rings. The van der Waals surface area contributed by atoms with E-state index in [1.54, 1.807) is 0 Å². The highest BCUT2D eigenvalue weighted by Gasteiger charge is 2.25. The van der Waals surface area contributed by atoms with Gasteiger partial charge in [0.2, 0.25) is 12.7 Å². The van der Waals surface area contributed by atoms with Crippen molar-refractivity contribution >= 4 is 22.4 Å². The van der Waals surface area contributed by atoms with Gasteiger partial charge in [-0.05, 0) is 42.0 Å². The Balaban J connectivity index is 1.32. The molecular formula is C25H26N2O3. The van der Waals surface area contributed by atoms with Crippen LogP contribution in [0.4, 0.5) is 5.69 Å². The van der Waals surface area contributed by atoms with Crippen molar-refractivity contribution < 1.29 is 14.3 Å². The second-order valence-corrected chi connectivity index (χ2v) is 8.11. The second-order valence-electron chi connectivity index (χ2n) is 8.11. The third-order valence-corrected chi connectivity index (χ3v) is 6.07. The van der Waals surface area contributed by atoms with E-state index in [9.17, 15) is 4.79 Å². The second kappa shape index (κ2) is 8.36. The summed E-state index contributed by atoms with van der Waals surface area (Å²) in [5.74, 6) is 1.61. The summed E-state index contributed by atoms with van der Waals surface area (Å²) in [7, 11) is 0. The van der Waals surface area contributed by atoms with E-state index < -0.39 is 0 Å². The maximum Gasteiger partial charge on any atom is 0.238 e. The molecule has 1 aliphatic carbocycles. The number of hydrogen-bond acceptors (Lipinski definition) is 4. The topological polar surface area (TPSA) is 50.8 Å². The van der Waals surface area contributed by atoms with E-state index >= 15 is 0 Å². The minimum Gasteiger partial charge on any atom is -0.454 e. The molecule has 5 nitrogen and oxygen atoms in total. The van der Waals surface area contributed by atoms with Gasteiger partial charge in [0.1, 0.15) is 0 Å². The highest BCUT2D eigenvalue weighted by Crippen LogP contribution is 2.33. The molecule has 3 aromatic carbocycles. The van der Waals surface area contributed by atoms with Crippen LogP contribution in [0.5, 0.6) is 11.5 Å². The molecule has 5 heteroatoms. The lowest BCUT2D eigenvalue weighted by Crippen LogP contribution is -2.39. The summed E-state index contributed by atoms with van der Waals surface area (Å²) in [6.07, 6.45) is 4.75. The number of carbonyl (C=O) groups excluding carboxylic acids is 1. The highest BCUT2D eigenvalue weighted by molar-refractivity contribution is 6.02. The molecule has 0 bridgehead atoms. The molecule has 0 spiro atoms.